The van der Waals surface area contributed by atoms with Gasteiger partial charge < -0.3 is 9.30 Å². The van der Waals surface area contributed by atoms with Crippen LogP contribution in [0.3, 0.4) is 0 Å². The van der Waals surface area contributed by atoms with Gasteiger partial charge in [-0.25, -0.2) is 4.98 Å². The van der Waals surface area contributed by atoms with Crippen LogP contribution >= 0.6 is 11.6 Å². The van der Waals surface area contributed by atoms with Crippen molar-refractivity contribution in [1.82, 2.24) is 9.55 Å². The minimum atomic E-state index is -0.0508. The van der Waals surface area contributed by atoms with Crippen LogP contribution in [0, 0.1) is 0 Å². The number of aromatic nitrogens is 2. The number of rotatable bonds is 4. The van der Waals surface area contributed by atoms with Crippen molar-refractivity contribution in [1.29, 1.82) is 0 Å². The molecule has 0 aliphatic rings. The van der Waals surface area contributed by atoms with Gasteiger partial charge in [0.15, 0.2) is 0 Å². The summed E-state index contributed by atoms with van der Waals surface area (Å²) in [6.45, 7) is 0.493. The molecule has 0 atom stereocenters. The van der Waals surface area contributed by atoms with Crippen LogP contribution in [-0.4, -0.2) is 16.7 Å². The van der Waals surface area contributed by atoms with Gasteiger partial charge in [0.25, 0.3) is 5.56 Å². The SMILES string of the molecule is COc1ccc(-c2ccc(=O)n(Cc3ccc(Cl)cc3)c2)cn1. The van der Waals surface area contributed by atoms with Crippen LogP contribution in [0.2, 0.25) is 5.02 Å². The van der Waals surface area contributed by atoms with Crippen LogP contribution < -0.4 is 10.3 Å². The standard InChI is InChI=1S/C18H15ClN2O2/c1-23-17-8-4-14(10-20-17)15-5-9-18(22)21(12-15)11-13-2-6-16(19)7-3-13/h2-10,12H,11H2,1H3. The summed E-state index contributed by atoms with van der Waals surface area (Å²) in [6, 6.07) is 14.5. The predicted octanol–water partition coefficient (Wildman–Crippen LogP) is 3.62. The van der Waals surface area contributed by atoms with Crippen molar-refractivity contribution in [3.8, 4) is 17.0 Å². The van der Waals surface area contributed by atoms with Gasteiger partial charge in [-0.1, -0.05) is 23.7 Å². The van der Waals surface area contributed by atoms with E-state index in [2.05, 4.69) is 4.98 Å². The van der Waals surface area contributed by atoms with Crippen molar-refractivity contribution in [2.75, 3.05) is 7.11 Å². The van der Waals surface area contributed by atoms with Crippen LogP contribution in [0.1, 0.15) is 5.56 Å². The van der Waals surface area contributed by atoms with E-state index in [4.69, 9.17) is 16.3 Å². The summed E-state index contributed by atoms with van der Waals surface area (Å²) in [5.41, 5.74) is 2.82. The number of ether oxygens (including phenoxy) is 1. The van der Waals surface area contributed by atoms with Gasteiger partial charge >= 0.3 is 0 Å². The van der Waals surface area contributed by atoms with E-state index >= 15 is 0 Å². The first-order valence-corrected chi connectivity index (χ1v) is 7.49. The van der Waals surface area contributed by atoms with Crippen molar-refractivity contribution < 1.29 is 4.74 Å². The average molecular weight is 327 g/mol. The zero-order valence-corrected chi connectivity index (χ0v) is 13.3. The van der Waals surface area contributed by atoms with E-state index in [0.29, 0.717) is 17.4 Å². The molecule has 5 heteroatoms. The Hall–Kier alpha value is -2.59. The summed E-state index contributed by atoms with van der Waals surface area (Å²) >= 11 is 5.89. The third-order valence-corrected chi connectivity index (χ3v) is 3.78. The second-order valence-electron chi connectivity index (χ2n) is 5.10. The Morgan fingerprint density at radius 1 is 1.04 bits per heavy atom. The van der Waals surface area contributed by atoms with Crippen molar-refractivity contribution in [3.63, 3.8) is 0 Å². The Bertz CT molecular complexity index is 855. The van der Waals surface area contributed by atoms with E-state index in [1.165, 1.54) is 0 Å². The van der Waals surface area contributed by atoms with Crippen LogP contribution in [-0.2, 0) is 6.54 Å². The van der Waals surface area contributed by atoms with E-state index < -0.39 is 0 Å². The van der Waals surface area contributed by atoms with Crippen molar-refractivity contribution in [3.05, 3.63) is 81.9 Å². The van der Waals surface area contributed by atoms with Gasteiger partial charge in [-0.05, 0) is 35.4 Å². The van der Waals surface area contributed by atoms with E-state index in [1.54, 1.807) is 36.1 Å². The molecule has 4 nitrogen and oxygen atoms in total. The molecule has 0 unspecified atom stereocenters. The molecule has 3 aromatic rings. The largest absolute Gasteiger partial charge is 0.481 e. The van der Waals surface area contributed by atoms with Gasteiger partial charge in [-0.3, -0.25) is 4.79 Å². The molecule has 3 rings (SSSR count). The molecule has 116 valence electrons. The van der Waals surface area contributed by atoms with Crippen LogP contribution in [0.25, 0.3) is 11.1 Å². The van der Waals surface area contributed by atoms with Crippen LogP contribution in [0.15, 0.2) is 65.7 Å². The number of pyridine rings is 2. The maximum absolute atomic E-state index is 12.1. The lowest BCUT2D eigenvalue weighted by atomic mass is 10.1. The van der Waals surface area contributed by atoms with Gasteiger partial charge in [0, 0.05) is 35.1 Å². The Morgan fingerprint density at radius 2 is 1.78 bits per heavy atom. The molecule has 0 amide bonds. The van der Waals surface area contributed by atoms with Crippen molar-refractivity contribution in [2.24, 2.45) is 0 Å². The average Bonchev–Trinajstić information content (AvgIpc) is 2.59. The smallest absolute Gasteiger partial charge is 0.250 e. The molecule has 0 spiro atoms. The molecule has 0 aliphatic carbocycles. The van der Waals surface area contributed by atoms with E-state index in [9.17, 15) is 4.79 Å². The Kier molecular flexibility index (Phi) is 4.44. The molecule has 2 aromatic heterocycles. The lowest BCUT2D eigenvalue weighted by Crippen LogP contribution is -2.19. The number of halogens is 1. The normalized spacial score (nSPS) is 10.5. The number of benzene rings is 1. The molecule has 2 heterocycles. The minimum absolute atomic E-state index is 0.0508. The number of hydrogen-bond donors (Lipinski definition) is 0. The number of hydrogen-bond acceptors (Lipinski definition) is 3. The molecule has 0 N–H and O–H groups in total. The summed E-state index contributed by atoms with van der Waals surface area (Å²) in [7, 11) is 1.58. The Morgan fingerprint density at radius 3 is 2.43 bits per heavy atom. The van der Waals surface area contributed by atoms with Gasteiger partial charge in [-0.15, -0.1) is 0 Å². The second kappa shape index (κ2) is 6.67. The molecule has 0 radical (unpaired) electrons. The maximum Gasteiger partial charge on any atom is 0.250 e. The lowest BCUT2D eigenvalue weighted by molar-refractivity contribution is 0.398. The van der Waals surface area contributed by atoms with Gasteiger partial charge in [0.1, 0.15) is 0 Å². The maximum atomic E-state index is 12.1. The molecule has 0 aliphatic heterocycles. The summed E-state index contributed by atoms with van der Waals surface area (Å²) in [5, 5.41) is 0.680. The van der Waals surface area contributed by atoms with Crippen LogP contribution in [0.4, 0.5) is 0 Å². The summed E-state index contributed by atoms with van der Waals surface area (Å²) in [6.07, 6.45) is 3.56. The fraction of sp³-hybridized carbons (Fsp3) is 0.111. The summed E-state index contributed by atoms with van der Waals surface area (Å²) in [4.78, 5) is 16.3. The molecular weight excluding hydrogens is 312 g/mol. The molecule has 0 fully saturated rings. The third-order valence-electron chi connectivity index (χ3n) is 3.53. The quantitative estimate of drug-likeness (QED) is 0.735. The number of methoxy groups -OCH3 is 1. The van der Waals surface area contributed by atoms with Gasteiger partial charge in [0.05, 0.1) is 13.7 Å². The first-order valence-electron chi connectivity index (χ1n) is 7.11. The highest BCUT2D eigenvalue weighted by atomic mass is 35.5. The zero-order valence-electron chi connectivity index (χ0n) is 12.6. The fourth-order valence-corrected chi connectivity index (χ4v) is 2.41. The van der Waals surface area contributed by atoms with Crippen molar-refractivity contribution in [2.45, 2.75) is 6.54 Å². The molecule has 1 aromatic carbocycles. The first kappa shape index (κ1) is 15.3. The summed E-state index contributed by atoms with van der Waals surface area (Å²) in [5.74, 6) is 0.559. The van der Waals surface area contributed by atoms with Crippen molar-refractivity contribution >= 4 is 11.6 Å². The molecule has 0 saturated carbocycles. The van der Waals surface area contributed by atoms with Gasteiger partial charge in [0.2, 0.25) is 5.88 Å². The second-order valence-corrected chi connectivity index (χ2v) is 5.54. The predicted molar refractivity (Wildman–Crippen MR) is 91.0 cm³/mol. The van der Waals surface area contributed by atoms with E-state index in [1.807, 2.05) is 36.5 Å². The highest BCUT2D eigenvalue weighted by Crippen LogP contribution is 2.19. The van der Waals surface area contributed by atoms with Crippen LogP contribution in [0.5, 0.6) is 5.88 Å². The third kappa shape index (κ3) is 3.60. The Labute approximate surface area is 139 Å². The highest BCUT2D eigenvalue weighted by molar-refractivity contribution is 6.30. The molecule has 0 saturated heterocycles. The lowest BCUT2D eigenvalue weighted by Gasteiger charge is -2.09. The monoisotopic (exact) mass is 326 g/mol. The van der Waals surface area contributed by atoms with Gasteiger partial charge in [-0.2, -0.15) is 0 Å². The minimum Gasteiger partial charge on any atom is -0.481 e. The summed E-state index contributed by atoms with van der Waals surface area (Å²) < 4.78 is 6.73. The highest BCUT2D eigenvalue weighted by Gasteiger charge is 2.04. The first-order chi connectivity index (χ1) is 11.2. The zero-order chi connectivity index (χ0) is 16.2. The van der Waals surface area contributed by atoms with E-state index in [-0.39, 0.29) is 5.56 Å². The molecular formula is C18H15ClN2O2. The fourth-order valence-electron chi connectivity index (χ4n) is 2.28. The number of nitrogens with zero attached hydrogens (tertiary/aromatic N) is 2. The van der Waals surface area contributed by atoms with E-state index in [0.717, 1.165) is 16.7 Å². The topological polar surface area (TPSA) is 44.1 Å². The Balaban J connectivity index is 1.91. The molecule has 0 bridgehead atoms. The molecule has 23 heavy (non-hydrogen) atoms.